The number of carbonyl (C=O) groups is 1. The number of aromatic nitrogens is 2. The van der Waals surface area contributed by atoms with Crippen molar-refractivity contribution in [1.29, 1.82) is 0 Å². The van der Waals surface area contributed by atoms with E-state index in [0.717, 1.165) is 16.7 Å². The van der Waals surface area contributed by atoms with E-state index < -0.39 is 17.2 Å². The number of rotatable bonds is 2. The number of hydrogen-bond acceptors (Lipinski definition) is 3. The quantitative estimate of drug-likeness (QED) is 0.543. The molecule has 68 valence electrons. The fourth-order valence-electron chi connectivity index (χ4n) is 0.698. The van der Waals surface area contributed by atoms with Crippen molar-refractivity contribution in [1.82, 2.24) is 9.55 Å². The van der Waals surface area contributed by atoms with Crippen LogP contribution in [0.25, 0.3) is 6.20 Å². The first-order chi connectivity index (χ1) is 6.09. The number of nitrogens with zero attached hydrogens (tertiary/aromatic N) is 1. The average molecular weight is 181 g/mol. The van der Waals surface area contributed by atoms with Gasteiger partial charge in [-0.2, -0.15) is 0 Å². The number of nitrogens with two attached hydrogens (primary N) is 1. The van der Waals surface area contributed by atoms with Crippen LogP contribution in [0, 0.1) is 0 Å². The lowest BCUT2D eigenvalue weighted by Crippen LogP contribution is -2.26. The van der Waals surface area contributed by atoms with Crippen molar-refractivity contribution in [3.05, 3.63) is 39.2 Å². The minimum absolute atomic E-state index is 0.492. The molecule has 0 radical (unpaired) electrons. The van der Waals surface area contributed by atoms with Crippen molar-refractivity contribution in [3.63, 3.8) is 0 Å². The van der Waals surface area contributed by atoms with Crippen molar-refractivity contribution in [2.45, 2.75) is 0 Å². The highest BCUT2D eigenvalue weighted by atomic mass is 16.2. The summed E-state index contributed by atoms with van der Waals surface area (Å²) in [6, 6.07) is 1.16. The molecule has 0 saturated heterocycles. The largest absolute Gasteiger partial charge is 0.366 e. The Morgan fingerprint density at radius 3 is 2.77 bits per heavy atom. The molecular weight excluding hydrogens is 174 g/mol. The van der Waals surface area contributed by atoms with Crippen molar-refractivity contribution in [3.8, 4) is 0 Å². The van der Waals surface area contributed by atoms with Crippen molar-refractivity contribution >= 4 is 12.1 Å². The van der Waals surface area contributed by atoms with E-state index in [1.807, 2.05) is 4.98 Å². The third-order valence-corrected chi connectivity index (χ3v) is 1.25. The molecule has 0 fully saturated rings. The van der Waals surface area contributed by atoms with Crippen molar-refractivity contribution < 1.29 is 4.79 Å². The molecule has 1 aromatic heterocycles. The topological polar surface area (TPSA) is 97.9 Å². The zero-order valence-electron chi connectivity index (χ0n) is 6.56. The summed E-state index contributed by atoms with van der Waals surface area (Å²) in [5.41, 5.74) is 3.69. The molecule has 6 nitrogen and oxygen atoms in total. The summed E-state index contributed by atoms with van der Waals surface area (Å²) < 4.78 is 1.03. The number of hydrogen-bond donors (Lipinski definition) is 2. The van der Waals surface area contributed by atoms with E-state index >= 15 is 0 Å². The Kier molecular flexibility index (Phi) is 2.44. The van der Waals surface area contributed by atoms with Crippen molar-refractivity contribution in [2.24, 2.45) is 5.73 Å². The predicted octanol–water partition coefficient (Wildman–Crippen LogP) is -1.51. The summed E-state index contributed by atoms with van der Waals surface area (Å²) in [5.74, 6) is -0.668. The molecular formula is C7H7N3O3. The first-order valence-electron chi connectivity index (χ1n) is 3.39. The van der Waals surface area contributed by atoms with Gasteiger partial charge in [0.15, 0.2) is 0 Å². The summed E-state index contributed by atoms with van der Waals surface area (Å²) in [5, 5.41) is 0. The minimum Gasteiger partial charge on any atom is -0.366 e. The van der Waals surface area contributed by atoms with Gasteiger partial charge in [-0.1, -0.05) is 0 Å². The number of carbonyl (C=O) groups excluding carboxylic acids is 1. The lowest BCUT2D eigenvalue weighted by atomic mass is 10.5. The van der Waals surface area contributed by atoms with Crippen LogP contribution in [-0.4, -0.2) is 15.5 Å². The van der Waals surface area contributed by atoms with E-state index in [0.29, 0.717) is 0 Å². The lowest BCUT2D eigenvalue weighted by molar-refractivity contribution is -0.113. The highest BCUT2D eigenvalue weighted by Crippen LogP contribution is 1.77. The highest BCUT2D eigenvalue weighted by Gasteiger charge is 1.91. The maximum atomic E-state index is 11.0. The molecule has 0 saturated carbocycles. The molecule has 0 unspecified atom stereocenters. The third kappa shape index (κ3) is 2.44. The SMILES string of the molecule is NC(=O)C=Cn1ccc(=O)[nH]c1=O. The number of nitrogens with one attached hydrogen (secondary N) is 1. The number of aromatic amines is 1. The number of amides is 1. The van der Waals surface area contributed by atoms with Crippen LogP contribution < -0.4 is 17.0 Å². The third-order valence-electron chi connectivity index (χ3n) is 1.25. The second kappa shape index (κ2) is 3.53. The number of primary amides is 1. The molecule has 13 heavy (non-hydrogen) atoms. The monoisotopic (exact) mass is 181 g/mol. The van der Waals surface area contributed by atoms with Crippen LogP contribution in [0.3, 0.4) is 0 Å². The zero-order chi connectivity index (χ0) is 9.84. The van der Waals surface area contributed by atoms with Gasteiger partial charge in [0.25, 0.3) is 5.56 Å². The van der Waals surface area contributed by atoms with E-state index in [4.69, 9.17) is 5.73 Å². The molecule has 6 heteroatoms. The summed E-state index contributed by atoms with van der Waals surface area (Å²) in [6.07, 6.45) is 3.42. The summed E-state index contributed by atoms with van der Waals surface area (Å²) in [6.45, 7) is 0. The maximum Gasteiger partial charge on any atom is 0.332 e. The molecule has 1 amide bonds. The Morgan fingerprint density at radius 2 is 2.23 bits per heavy atom. The summed E-state index contributed by atoms with van der Waals surface area (Å²) in [7, 11) is 0. The predicted molar refractivity (Wildman–Crippen MR) is 45.8 cm³/mol. The molecule has 1 heterocycles. The van der Waals surface area contributed by atoms with Crippen molar-refractivity contribution in [2.75, 3.05) is 0 Å². The van der Waals surface area contributed by atoms with E-state index in [1.54, 1.807) is 0 Å². The Bertz CT molecular complexity index is 455. The summed E-state index contributed by atoms with van der Waals surface area (Å²) in [4.78, 5) is 33.9. The van der Waals surface area contributed by atoms with Crippen LogP contribution >= 0.6 is 0 Å². The van der Waals surface area contributed by atoms with Crippen LogP contribution in [0.15, 0.2) is 27.9 Å². The number of H-pyrrole nitrogens is 1. The minimum atomic E-state index is -0.668. The molecule has 0 atom stereocenters. The van der Waals surface area contributed by atoms with E-state index in [1.165, 1.54) is 12.4 Å². The van der Waals surface area contributed by atoms with E-state index in [2.05, 4.69) is 0 Å². The molecule has 0 bridgehead atoms. The Morgan fingerprint density at radius 1 is 1.54 bits per heavy atom. The van der Waals surface area contributed by atoms with E-state index in [-0.39, 0.29) is 0 Å². The van der Waals surface area contributed by atoms with Gasteiger partial charge in [-0.25, -0.2) is 4.79 Å². The second-order valence-electron chi connectivity index (χ2n) is 2.24. The van der Waals surface area contributed by atoms with Gasteiger partial charge < -0.3 is 5.73 Å². The van der Waals surface area contributed by atoms with Gasteiger partial charge in [-0.3, -0.25) is 19.1 Å². The van der Waals surface area contributed by atoms with Gasteiger partial charge in [0.1, 0.15) is 0 Å². The molecule has 1 rings (SSSR count). The standard InChI is InChI=1S/C7H7N3O3/c8-5(11)1-3-10-4-2-6(12)9-7(10)13/h1-4H,(H2,8,11)(H,9,12,13). The molecule has 0 spiro atoms. The van der Waals surface area contributed by atoms with E-state index in [9.17, 15) is 14.4 Å². The average Bonchev–Trinajstić information content (AvgIpc) is 2.02. The fourth-order valence-corrected chi connectivity index (χ4v) is 0.698. The fraction of sp³-hybridized carbons (Fsp3) is 0. The van der Waals surface area contributed by atoms with Gasteiger partial charge in [0.05, 0.1) is 0 Å². The molecule has 3 N–H and O–H groups in total. The molecule has 0 aliphatic heterocycles. The van der Waals surface area contributed by atoms with Crippen LogP contribution in [0.5, 0.6) is 0 Å². The van der Waals surface area contributed by atoms with Crippen LogP contribution in [0.2, 0.25) is 0 Å². The second-order valence-corrected chi connectivity index (χ2v) is 2.24. The Balaban J connectivity index is 3.11. The van der Waals surface area contributed by atoms with Gasteiger partial charge >= 0.3 is 5.69 Å². The maximum absolute atomic E-state index is 11.0. The lowest BCUT2D eigenvalue weighted by Gasteiger charge is -1.93. The molecule has 0 aliphatic carbocycles. The molecule has 0 aromatic carbocycles. The van der Waals surface area contributed by atoms with Crippen LogP contribution in [0.1, 0.15) is 0 Å². The van der Waals surface area contributed by atoms with Gasteiger partial charge in [0.2, 0.25) is 5.91 Å². The first-order valence-corrected chi connectivity index (χ1v) is 3.39. The van der Waals surface area contributed by atoms with Gasteiger partial charge in [-0.05, 0) is 0 Å². The normalized spacial score (nSPS) is 10.5. The molecule has 0 aliphatic rings. The Hall–Kier alpha value is -2.11. The van der Waals surface area contributed by atoms with Crippen LogP contribution in [-0.2, 0) is 4.79 Å². The van der Waals surface area contributed by atoms with Gasteiger partial charge in [0, 0.05) is 24.5 Å². The summed E-state index contributed by atoms with van der Waals surface area (Å²) >= 11 is 0. The molecule has 1 aromatic rings. The van der Waals surface area contributed by atoms with Gasteiger partial charge in [-0.15, -0.1) is 0 Å². The highest BCUT2D eigenvalue weighted by molar-refractivity contribution is 5.88. The zero-order valence-corrected chi connectivity index (χ0v) is 6.56. The van der Waals surface area contributed by atoms with Crippen LogP contribution in [0.4, 0.5) is 0 Å². The Labute approximate surface area is 72.3 Å². The first kappa shape index (κ1) is 8.98. The smallest absolute Gasteiger partial charge is 0.332 e.